The van der Waals surface area contributed by atoms with Crippen LogP contribution in [0.25, 0.3) is 11.1 Å². The monoisotopic (exact) mass is 408 g/mol. The van der Waals surface area contributed by atoms with Crippen LogP contribution in [-0.2, 0) is 12.8 Å². The van der Waals surface area contributed by atoms with Crippen LogP contribution in [0.3, 0.4) is 0 Å². The van der Waals surface area contributed by atoms with E-state index in [9.17, 15) is 5.11 Å². The molecule has 3 heteroatoms. The van der Waals surface area contributed by atoms with Gasteiger partial charge in [0.25, 0.3) is 0 Å². The van der Waals surface area contributed by atoms with Gasteiger partial charge in [-0.05, 0) is 47.2 Å². The van der Waals surface area contributed by atoms with E-state index in [1.807, 2.05) is 12.1 Å². The number of aromatic hydroxyl groups is 1. The Bertz CT molecular complexity index is 566. The zero-order valence-corrected chi connectivity index (χ0v) is 15.6. The molecule has 0 bridgehead atoms. The molecule has 21 heavy (non-hydrogen) atoms. The zero-order valence-electron chi connectivity index (χ0n) is 12.4. The van der Waals surface area contributed by atoms with Crippen LogP contribution in [-0.4, -0.2) is 12.1 Å². The van der Waals surface area contributed by atoms with Crippen molar-refractivity contribution in [1.29, 1.82) is 0 Å². The lowest BCUT2D eigenvalue weighted by Crippen LogP contribution is -1.92. The molecule has 0 aliphatic heterocycles. The number of rotatable bonds is 7. The first-order valence-corrected chi connectivity index (χ1v) is 11.8. The average Bonchev–Trinajstić information content (AvgIpc) is 2.49. The molecule has 1 N–H and O–H groups in total. The maximum atomic E-state index is 9.76. The molecule has 0 spiro atoms. The minimum absolute atomic E-state index is 0.369. The average molecular weight is 408 g/mol. The van der Waals surface area contributed by atoms with Gasteiger partial charge in [0.15, 0.2) is 0 Å². The smallest absolute Gasteiger partial charge is 0.130 e. The van der Waals surface area contributed by atoms with Crippen molar-refractivity contribution in [3.05, 3.63) is 53.6 Å². The van der Waals surface area contributed by atoms with Crippen molar-refractivity contribution in [3.8, 4) is 16.9 Å². The van der Waals surface area contributed by atoms with E-state index in [2.05, 4.69) is 53.0 Å². The van der Waals surface area contributed by atoms with E-state index in [0.717, 1.165) is 19.9 Å². The molecule has 0 aromatic heterocycles. The zero-order chi connectivity index (χ0) is 15.1. The van der Waals surface area contributed by atoms with Gasteiger partial charge in [-0.15, -0.1) is 21.8 Å². The molecule has 0 aliphatic carbocycles. The van der Waals surface area contributed by atoms with Crippen LogP contribution < -0.4 is 0 Å². The van der Waals surface area contributed by atoms with Crippen LogP contribution in [0.4, 0.5) is 0 Å². The molecular formula is C18H21IOSi. The molecule has 2 rings (SSSR count). The van der Waals surface area contributed by atoms with E-state index < -0.39 is 0 Å². The van der Waals surface area contributed by atoms with E-state index in [4.69, 9.17) is 0 Å². The highest BCUT2D eigenvalue weighted by molar-refractivity contribution is 14.1. The van der Waals surface area contributed by atoms with Crippen LogP contribution in [0.5, 0.6) is 5.75 Å². The molecule has 0 saturated heterocycles. The number of hydrogen-bond acceptors (Lipinski definition) is 1. The second kappa shape index (κ2) is 8.59. The summed E-state index contributed by atoms with van der Waals surface area (Å²) in [4.78, 5) is 0. The molecule has 2 radical (unpaired) electrons. The third-order valence-electron chi connectivity index (χ3n) is 3.61. The molecule has 0 atom stereocenters. The van der Waals surface area contributed by atoms with Crippen molar-refractivity contribution < 1.29 is 5.11 Å². The van der Waals surface area contributed by atoms with Crippen LogP contribution >= 0.6 is 21.8 Å². The van der Waals surface area contributed by atoms with E-state index in [-0.39, 0.29) is 0 Å². The van der Waals surface area contributed by atoms with Gasteiger partial charge < -0.3 is 5.11 Å². The lowest BCUT2D eigenvalue weighted by atomic mass is 9.95. The number of hydrogen-bond donors (Lipinski definition) is 1. The predicted octanol–water partition coefficient (Wildman–Crippen LogP) is 5.42. The van der Waals surface area contributed by atoms with Gasteiger partial charge in [-0.1, -0.05) is 56.1 Å². The highest BCUT2D eigenvalue weighted by Crippen LogP contribution is 2.28. The molecule has 110 valence electrons. The van der Waals surface area contributed by atoms with E-state index in [0.29, 0.717) is 5.75 Å². The van der Waals surface area contributed by atoms with Crippen LogP contribution in [0, 0.1) is 0 Å². The van der Waals surface area contributed by atoms with Crippen molar-refractivity contribution in [2.75, 3.05) is 0 Å². The Labute approximate surface area is 142 Å². The standard InChI is InChI=1S/C18H21IOSi/c1-2-4-14-6-8-15(9-7-14)18-11-10-17(20)13-16(18)5-3-12-21-19/h6-11,13,20H,2-5,12H2,1H3. The van der Waals surface area contributed by atoms with Crippen LogP contribution in [0.15, 0.2) is 42.5 Å². The molecule has 0 amide bonds. The first-order chi connectivity index (χ1) is 10.2. The van der Waals surface area contributed by atoms with Gasteiger partial charge >= 0.3 is 0 Å². The number of aryl methyl sites for hydroxylation is 2. The first-order valence-electron chi connectivity index (χ1n) is 7.49. The van der Waals surface area contributed by atoms with Crippen molar-refractivity contribution in [1.82, 2.24) is 0 Å². The van der Waals surface area contributed by atoms with Gasteiger partial charge in [-0.2, -0.15) is 0 Å². The van der Waals surface area contributed by atoms with Gasteiger partial charge in [-0.25, -0.2) is 0 Å². The molecule has 0 aliphatic rings. The number of halogens is 1. The first kappa shape index (κ1) is 16.6. The number of benzene rings is 2. The topological polar surface area (TPSA) is 20.2 Å². The SMILES string of the molecule is CCCc1ccc(-c2ccc(O)cc2CCC[Si]I)cc1. The number of phenols is 1. The van der Waals surface area contributed by atoms with E-state index in [1.165, 1.54) is 41.1 Å². The van der Waals surface area contributed by atoms with Crippen molar-refractivity contribution in [2.24, 2.45) is 0 Å². The quantitative estimate of drug-likeness (QED) is 0.281. The summed E-state index contributed by atoms with van der Waals surface area (Å²) in [5, 5.41) is 9.76. The molecule has 0 heterocycles. The Hall–Kier alpha value is -0.813. The summed E-state index contributed by atoms with van der Waals surface area (Å²) in [6.07, 6.45) is 4.54. The summed E-state index contributed by atoms with van der Waals surface area (Å²) in [6.45, 7) is 2.21. The summed E-state index contributed by atoms with van der Waals surface area (Å²) in [5.41, 5.74) is 5.16. The van der Waals surface area contributed by atoms with Gasteiger partial charge in [0.2, 0.25) is 0 Å². The van der Waals surface area contributed by atoms with Gasteiger partial charge in [0.1, 0.15) is 12.8 Å². The summed E-state index contributed by atoms with van der Waals surface area (Å²) < 4.78 is 0. The summed E-state index contributed by atoms with van der Waals surface area (Å²) in [7, 11) is 0.976. The Morgan fingerprint density at radius 1 is 1.05 bits per heavy atom. The number of phenolic OH excluding ortho intramolecular Hbond substituents is 1. The predicted molar refractivity (Wildman–Crippen MR) is 100 cm³/mol. The van der Waals surface area contributed by atoms with E-state index in [1.54, 1.807) is 6.07 Å². The second-order valence-corrected chi connectivity index (χ2v) is 8.33. The van der Waals surface area contributed by atoms with E-state index >= 15 is 0 Å². The normalized spacial score (nSPS) is 10.8. The Kier molecular flexibility index (Phi) is 6.77. The maximum absolute atomic E-state index is 9.76. The fourth-order valence-corrected chi connectivity index (χ4v) is 4.01. The Balaban J connectivity index is 2.24. The molecule has 2 aromatic rings. The molecule has 2 aromatic carbocycles. The lowest BCUT2D eigenvalue weighted by Gasteiger charge is -2.11. The van der Waals surface area contributed by atoms with Crippen LogP contribution in [0.2, 0.25) is 6.04 Å². The highest BCUT2D eigenvalue weighted by atomic mass is 127. The maximum Gasteiger partial charge on any atom is 0.130 e. The molecule has 1 nitrogen and oxygen atoms in total. The summed E-state index contributed by atoms with van der Waals surface area (Å²) in [5.74, 6) is 0.369. The minimum Gasteiger partial charge on any atom is -0.508 e. The summed E-state index contributed by atoms with van der Waals surface area (Å²) >= 11 is 2.45. The third kappa shape index (κ3) is 4.85. The minimum atomic E-state index is 0.369. The highest BCUT2D eigenvalue weighted by Gasteiger charge is 2.07. The Morgan fingerprint density at radius 2 is 1.81 bits per heavy atom. The lowest BCUT2D eigenvalue weighted by molar-refractivity contribution is 0.474. The molecule has 0 fully saturated rings. The van der Waals surface area contributed by atoms with Gasteiger partial charge in [-0.3, -0.25) is 0 Å². The largest absolute Gasteiger partial charge is 0.508 e. The van der Waals surface area contributed by atoms with Gasteiger partial charge in [0, 0.05) is 0 Å². The van der Waals surface area contributed by atoms with Gasteiger partial charge in [0.05, 0.1) is 0 Å². The fraction of sp³-hybridized carbons (Fsp3) is 0.333. The van der Waals surface area contributed by atoms with Crippen molar-refractivity contribution >= 4 is 28.8 Å². The second-order valence-electron chi connectivity index (χ2n) is 5.28. The van der Waals surface area contributed by atoms with Crippen molar-refractivity contribution in [2.45, 2.75) is 38.7 Å². The molecular weight excluding hydrogens is 387 g/mol. The molecule has 0 unspecified atom stereocenters. The van der Waals surface area contributed by atoms with Crippen molar-refractivity contribution in [3.63, 3.8) is 0 Å². The summed E-state index contributed by atoms with van der Waals surface area (Å²) in [6, 6.07) is 15.9. The third-order valence-corrected chi connectivity index (χ3v) is 5.77. The van der Waals surface area contributed by atoms with Crippen LogP contribution in [0.1, 0.15) is 30.9 Å². The Morgan fingerprint density at radius 3 is 2.48 bits per heavy atom. The fourth-order valence-electron chi connectivity index (χ4n) is 2.55. The molecule has 0 saturated carbocycles.